The molecule has 0 saturated carbocycles. The molecule has 2 N–H and O–H groups in total. The molecule has 1 atom stereocenters. The SMILES string of the molecule is Cc1ccc(S(=O)(=O)O)cc1.O=C(N[C@H]1CN2CCC1CC2)c1ccc(-c2ccccc2[N+](=O)[O-])o1. The summed E-state index contributed by atoms with van der Waals surface area (Å²) in [5.74, 6) is 0.776. The molecule has 190 valence electrons. The molecule has 3 aliphatic rings. The van der Waals surface area contributed by atoms with E-state index in [1.54, 1.807) is 42.5 Å². The summed E-state index contributed by atoms with van der Waals surface area (Å²) in [5.41, 5.74) is 1.29. The maximum Gasteiger partial charge on any atom is 0.294 e. The van der Waals surface area contributed by atoms with E-state index in [2.05, 4.69) is 10.2 Å². The van der Waals surface area contributed by atoms with Crippen molar-refractivity contribution in [1.82, 2.24) is 10.2 Å². The maximum atomic E-state index is 12.5. The number of amides is 1. The lowest BCUT2D eigenvalue weighted by Crippen LogP contribution is -2.57. The van der Waals surface area contributed by atoms with E-state index in [4.69, 9.17) is 8.97 Å². The van der Waals surface area contributed by atoms with Crippen molar-refractivity contribution in [1.29, 1.82) is 0 Å². The second kappa shape index (κ2) is 10.6. The predicted molar refractivity (Wildman–Crippen MR) is 132 cm³/mol. The van der Waals surface area contributed by atoms with Crippen molar-refractivity contribution in [3.05, 3.63) is 82.1 Å². The van der Waals surface area contributed by atoms with Gasteiger partial charge in [-0.1, -0.05) is 29.8 Å². The van der Waals surface area contributed by atoms with Crippen molar-refractivity contribution in [3.8, 4) is 11.3 Å². The van der Waals surface area contributed by atoms with Gasteiger partial charge in [-0.25, -0.2) is 0 Å². The minimum atomic E-state index is -4.02. The molecule has 36 heavy (non-hydrogen) atoms. The van der Waals surface area contributed by atoms with E-state index in [9.17, 15) is 23.3 Å². The van der Waals surface area contributed by atoms with E-state index in [0.717, 1.165) is 38.0 Å². The molecule has 4 heterocycles. The molecule has 6 rings (SSSR count). The number of para-hydroxylation sites is 1. The van der Waals surface area contributed by atoms with E-state index in [1.807, 2.05) is 6.92 Å². The van der Waals surface area contributed by atoms with Crippen molar-refractivity contribution in [2.75, 3.05) is 19.6 Å². The highest BCUT2D eigenvalue weighted by Crippen LogP contribution is 2.31. The Kier molecular flexibility index (Phi) is 7.53. The molecule has 1 aromatic heterocycles. The van der Waals surface area contributed by atoms with Gasteiger partial charge in [-0.3, -0.25) is 19.5 Å². The fourth-order valence-electron chi connectivity index (χ4n) is 4.52. The van der Waals surface area contributed by atoms with E-state index in [0.29, 0.717) is 17.2 Å². The van der Waals surface area contributed by atoms with E-state index in [1.165, 1.54) is 18.2 Å². The lowest BCUT2D eigenvalue weighted by atomic mass is 9.84. The summed E-state index contributed by atoms with van der Waals surface area (Å²) < 4.78 is 35.2. The first-order valence-corrected chi connectivity index (χ1v) is 13.0. The molecule has 0 spiro atoms. The van der Waals surface area contributed by atoms with Gasteiger partial charge >= 0.3 is 0 Å². The lowest BCUT2D eigenvalue weighted by Gasteiger charge is -2.44. The van der Waals surface area contributed by atoms with Crippen LogP contribution in [0.3, 0.4) is 0 Å². The summed E-state index contributed by atoms with van der Waals surface area (Å²) in [4.78, 5) is 25.5. The van der Waals surface area contributed by atoms with Gasteiger partial charge in [0.2, 0.25) is 0 Å². The first-order valence-electron chi connectivity index (χ1n) is 11.5. The van der Waals surface area contributed by atoms with Gasteiger partial charge in [0, 0.05) is 18.7 Å². The first-order chi connectivity index (χ1) is 17.1. The van der Waals surface area contributed by atoms with Gasteiger partial charge in [0.25, 0.3) is 21.7 Å². The molecule has 3 fully saturated rings. The molecule has 3 saturated heterocycles. The predicted octanol–water partition coefficient (Wildman–Crippen LogP) is 3.92. The van der Waals surface area contributed by atoms with Gasteiger partial charge in [0.15, 0.2) is 5.76 Å². The van der Waals surface area contributed by atoms with Crippen LogP contribution in [0.15, 0.2) is 70.0 Å². The zero-order chi connectivity index (χ0) is 25.9. The number of furan rings is 1. The third kappa shape index (κ3) is 5.99. The molecule has 11 heteroatoms. The average Bonchev–Trinajstić information content (AvgIpc) is 3.35. The Morgan fingerprint density at radius 2 is 1.75 bits per heavy atom. The normalized spacial score (nSPS) is 20.8. The van der Waals surface area contributed by atoms with Crippen LogP contribution in [-0.4, -0.2) is 54.4 Å². The van der Waals surface area contributed by atoms with Crippen molar-refractivity contribution >= 4 is 21.7 Å². The third-order valence-electron chi connectivity index (χ3n) is 6.49. The van der Waals surface area contributed by atoms with E-state index >= 15 is 0 Å². The number of nitro benzene ring substituents is 1. The number of rotatable bonds is 5. The van der Waals surface area contributed by atoms with Crippen molar-refractivity contribution in [2.24, 2.45) is 5.92 Å². The molecule has 0 radical (unpaired) electrons. The summed E-state index contributed by atoms with van der Waals surface area (Å²) in [6.45, 7) is 4.95. The van der Waals surface area contributed by atoms with Crippen LogP contribution in [0.4, 0.5) is 5.69 Å². The zero-order valence-corrected chi connectivity index (χ0v) is 20.5. The standard InChI is InChI=1S/C18H19N3O4.C7H8O3S/c22-18(19-14-11-20-9-7-12(14)8-10-20)17-6-5-16(25-17)13-3-1-2-4-15(13)21(23)24;1-6-2-4-7(5-3-6)11(8,9)10/h1-6,12,14H,7-11H2,(H,19,22);2-5H,1H3,(H,8,9,10)/t14-;/m0./s1. The molecule has 10 nitrogen and oxygen atoms in total. The molecular weight excluding hydrogens is 486 g/mol. The third-order valence-corrected chi connectivity index (χ3v) is 7.36. The Hall–Kier alpha value is -3.54. The van der Waals surface area contributed by atoms with Gasteiger partial charge < -0.3 is 14.6 Å². The first kappa shape index (κ1) is 25.5. The number of nitro groups is 1. The molecule has 3 aliphatic heterocycles. The van der Waals surface area contributed by atoms with Crippen molar-refractivity contribution in [3.63, 3.8) is 0 Å². The van der Waals surface area contributed by atoms with Crippen LogP contribution in [0.5, 0.6) is 0 Å². The fraction of sp³-hybridized carbons (Fsp3) is 0.320. The maximum absolute atomic E-state index is 12.5. The number of aryl methyl sites for hydroxylation is 1. The van der Waals surface area contributed by atoms with Crippen LogP contribution < -0.4 is 5.32 Å². The minimum Gasteiger partial charge on any atom is -0.451 e. The highest BCUT2D eigenvalue weighted by Gasteiger charge is 2.35. The topological polar surface area (TPSA) is 143 Å². The molecule has 1 amide bonds. The molecule has 3 aromatic rings. The second-order valence-corrected chi connectivity index (χ2v) is 10.4. The molecule has 2 bridgehead atoms. The molecular formula is C25H27N3O7S. The Labute approximate surface area is 208 Å². The Bertz CT molecular complexity index is 1340. The number of carbonyl (C=O) groups excluding carboxylic acids is 1. The lowest BCUT2D eigenvalue weighted by molar-refractivity contribution is -0.384. The van der Waals surface area contributed by atoms with E-state index < -0.39 is 15.0 Å². The summed E-state index contributed by atoms with van der Waals surface area (Å²) in [6.07, 6.45) is 2.23. The summed E-state index contributed by atoms with van der Waals surface area (Å²) in [6, 6.07) is 15.7. The van der Waals surface area contributed by atoms with Gasteiger partial charge in [-0.15, -0.1) is 0 Å². The molecule has 0 aliphatic carbocycles. The fourth-order valence-corrected chi connectivity index (χ4v) is 5.00. The van der Waals surface area contributed by atoms with Crippen LogP contribution in [0, 0.1) is 23.0 Å². The largest absolute Gasteiger partial charge is 0.451 e. The van der Waals surface area contributed by atoms with E-state index in [-0.39, 0.29) is 28.3 Å². The molecule has 0 unspecified atom stereocenters. The van der Waals surface area contributed by atoms with Crippen LogP contribution in [-0.2, 0) is 10.1 Å². The Morgan fingerprint density at radius 1 is 1.08 bits per heavy atom. The van der Waals surface area contributed by atoms with Crippen LogP contribution in [0.25, 0.3) is 11.3 Å². The number of hydrogen-bond donors (Lipinski definition) is 2. The van der Waals surface area contributed by atoms with Gasteiger partial charge in [-0.05, 0) is 69.1 Å². The van der Waals surface area contributed by atoms with Gasteiger partial charge in [0.05, 0.1) is 15.4 Å². The van der Waals surface area contributed by atoms with Crippen molar-refractivity contribution < 1.29 is 27.1 Å². The molecule has 2 aromatic carbocycles. The number of nitrogens with one attached hydrogen (secondary N) is 1. The van der Waals surface area contributed by atoms with Crippen LogP contribution in [0.1, 0.15) is 29.0 Å². The van der Waals surface area contributed by atoms with Crippen LogP contribution >= 0.6 is 0 Å². The zero-order valence-electron chi connectivity index (χ0n) is 19.7. The number of nitrogens with zero attached hydrogens (tertiary/aromatic N) is 2. The highest BCUT2D eigenvalue weighted by molar-refractivity contribution is 7.85. The number of piperidine rings is 3. The number of fused-ring (bicyclic) bond motifs is 3. The monoisotopic (exact) mass is 513 g/mol. The number of carbonyl (C=O) groups is 1. The second-order valence-electron chi connectivity index (χ2n) is 8.94. The Balaban J connectivity index is 0.000000233. The summed E-state index contributed by atoms with van der Waals surface area (Å²) in [7, 11) is -4.02. The van der Waals surface area contributed by atoms with Crippen molar-refractivity contribution in [2.45, 2.75) is 30.7 Å². The smallest absolute Gasteiger partial charge is 0.294 e. The quantitative estimate of drug-likeness (QED) is 0.297. The van der Waals surface area contributed by atoms with Crippen LogP contribution in [0.2, 0.25) is 0 Å². The van der Waals surface area contributed by atoms with Gasteiger partial charge in [-0.2, -0.15) is 8.42 Å². The number of benzene rings is 2. The number of hydrogen-bond acceptors (Lipinski definition) is 7. The summed E-state index contributed by atoms with van der Waals surface area (Å²) in [5, 5.41) is 14.2. The van der Waals surface area contributed by atoms with Gasteiger partial charge in [0.1, 0.15) is 5.76 Å². The minimum absolute atomic E-state index is 0.0406. The average molecular weight is 514 g/mol. The summed E-state index contributed by atoms with van der Waals surface area (Å²) >= 11 is 0. The highest BCUT2D eigenvalue weighted by atomic mass is 32.2. The Morgan fingerprint density at radius 3 is 2.33 bits per heavy atom.